The summed E-state index contributed by atoms with van der Waals surface area (Å²) in [4.78, 5) is 5.13. The molecule has 0 atom stereocenters. The largest absolute Gasteiger partial charge is 0.251 e. The van der Waals surface area contributed by atoms with E-state index in [-0.39, 0.29) is 0 Å². The molecular weight excluding hydrogens is 284 g/mol. The van der Waals surface area contributed by atoms with Crippen LogP contribution in [0.25, 0.3) is 0 Å². The van der Waals surface area contributed by atoms with Gasteiger partial charge in [-0.25, -0.2) is 4.89 Å². The van der Waals surface area contributed by atoms with E-state index >= 15 is 0 Å². The molecule has 2 nitrogen and oxygen atoms in total. The van der Waals surface area contributed by atoms with Crippen LogP contribution in [-0.2, 0) is 23.3 Å². The zero-order valence-electron chi connectivity index (χ0n) is 12.9. The molecule has 0 bridgehead atoms. The third-order valence-electron chi connectivity index (χ3n) is 4.14. The van der Waals surface area contributed by atoms with Crippen LogP contribution in [-0.4, -0.2) is 5.26 Å². The Labute approximate surface area is 136 Å². The minimum absolute atomic E-state index is 0.600. The van der Waals surface area contributed by atoms with Gasteiger partial charge in [0, 0.05) is 12.8 Å². The summed E-state index contributed by atoms with van der Waals surface area (Å²) in [6.45, 7) is 0. The van der Waals surface area contributed by atoms with E-state index in [9.17, 15) is 5.26 Å². The molecule has 0 heterocycles. The Kier molecular flexibility index (Phi) is 4.86. The molecule has 0 aliphatic rings. The Morgan fingerprint density at radius 2 is 1.00 bits per heavy atom. The highest BCUT2D eigenvalue weighted by Gasteiger charge is 2.34. The van der Waals surface area contributed by atoms with Crippen molar-refractivity contribution >= 4 is 0 Å². The number of rotatable bonds is 6. The van der Waals surface area contributed by atoms with E-state index in [1.165, 1.54) is 0 Å². The second-order valence-corrected chi connectivity index (χ2v) is 5.78. The molecule has 1 N–H and O–H groups in total. The van der Waals surface area contributed by atoms with Gasteiger partial charge in [-0.05, 0) is 16.7 Å². The first-order chi connectivity index (χ1) is 11.3. The molecule has 2 heteroatoms. The van der Waals surface area contributed by atoms with Crippen LogP contribution >= 0.6 is 0 Å². The SMILES string of the molecule is OOC(Cc1ccccc1)(Cc1ccccc1)c1ccccc1. The molecule has 0 aromatic heterocycles. The second-order valence-electron chi connectivity index (χ2n) is 5.78. The van der Waals surface area contributed by atoms with Crippen molar-refractivity contribution in [2.24, 2.45) is 0 Å². The molecule has 0 saturated carbocycles. The van der Waals surface area contributed by atoms with Gasteiger partial charge in [0.05, 0.1) is 0 Å². The molecular formula is C21H20O2. The molecule has 0 spiro atoms. The lowest BCUT2D eigenvalue weighted by atomic mass is 9.82. The van der Waals surface area contributed by atoms with Crippen molar-refractivity contribution in [3.63, 3.8) is 0 Å². The van der Waals surface area contributed by atoms with Crippen LogP contribution in [0.5, 0.6) is 0 Å². The van der Waals surface area contributed by atoms with Gasteiger partial charge in [0.25, 0.3) is 0 Å². The van der Waals surface area contributed by atoms with E-state index < -0.39 is 5.60 Å². The van der Waals surface area contributed by atoms with Crippen LogP contribution < -0.4 is 0 Å². The summed E-state index contributed by atoms with van der Waals surface area (Å²) in [5, 5.41) is 9.85. The van der Waals surface area contributed by atoms with Gasteiger partial charge < -0.3 is 0 Å². The lowest BCUT2D eigenvalue weighted by Crippen LogP contribution is -2.34. The molecule has 3 rings (SSSR count). The van der Waals surface area contributed by atoms with Crippen LogP contribution in [0, 0.1) is 0 Å². The number of benzene rings is 3. The minimum Gasteiger partial charge on any atom is -0.251 e. The van der Waals surface area contributed by atoms with Gasteiger partial charge in [0.2, 0.25) is 0 Å². The fourth-order valence-corrected chi connectivity index (χ4v) is 2.98. The summed E-state index contributed by atoms with van der Waals surface area (Å²) >= 11 is 0. The summed E-state index contributed by atoms with van der Waals surface area (Å²) in [5.74, 6) is 0. The maximum Gasteiger partial charge on any atom is 0.136 e. The first-order valence-corrected chi connectivity index (χ1v) is 7.78. The van der Waals surface area contributed by atoms with Crippen molar-refractivity contribution in [3.05, 3.63) is 108 Å². The predicted molar refractivity (Wildman–Crippen MR) is 92.1 cm³/mol. The third kappa shape index (κ3) is 3.67. The Bertz CT molecular complexity index is 667. The van der Waals surface area contributed by atoms with Gasteiger partial charge in [-0.3, -0.25) is 5.26 Å². The highest BCUT2D eigenvalue weighted by Crippen LogP contribution is 2.33. The average Bonchev–Trinajstić information content (AvgIpc) is 2.63. The van der Waals surface area contributed by atoms with Crippen molar-refractivity contribution in [2.45, 2.75) is 18.4 Å². The van der Waals surface area contributed by atoms with Crippen molar-refractivity contribution in [2.75, 3.05) is 0 Å². The normalized spacial score (nSPS) is 11.3. The van der Waals surface area contributed by atoms with E-state index in [0.29, 0.717) is 12.8 Å². The maximum absolute atomic E-state index is 9.85. The molecule has 0 fully saturated rings. The van der Waals surface area contributed by atoms with Gasteiger partial charge in [0.1, 0.15) is 5.60 Å². The Morgan fingerprint density at radius 1 is 0.609 bits per heavy atom. The van der Waals surface area contributed by atoms with Gasteiger partial charge in [-0.1, -0.05) is 91.0 Å². The van der Waals surface area contributed by atoms with Gasteiger partial charge in [-0.15, -0.1) is 0 Å². The molecule has 0 aliphatic heterocycles. The standard InChI is InChI=1S/C21H20O2/c22-23-21(20-14-8-3-9-15-20,16-18-10-4-1-5-11-18)17-19-12-6-2-7-13-19/h1-15,22H,16-17H2. The van der Waals surface area contributed by atoms with Crippen LogP contribution in [0.4, 0.5) is 0 Å². The maximum atomic E-state index is 9.85. The van der Waals surface area contributed by atoms with Crippen LogP contribution in [0.15, 0.2) is 91.0 Å². The van der Waals surface area contributed by atoms with Gasteiger partial charge in [0.15, 0.2) is 0 Å². The van der Waals surface area contributed by atoms with E-state index in [1.807, 2.05) is 66.7 Å². The molecule has 0 unspecified atom stereocenters. The molecule has 3 aromatic rings. The minimum atomic E-state index is -0.802. The third-order valence-corrected chi connectivity index (χ3v) is 4.14. The lowest BCUT2D eigenvalue weighted by molar-refractivity contribution is -0.329. The monoisotopic (exact) mass is 304 g/mol. The van der Waals surface area contributed by atoms with E-state index in [2.05, 4.69) is 24.3 Å². The molecule has 0 radical (unpaired) electrons. The smallest absolute Gasteiger partial charge is 0.136 e. The van der Waals surface area contributed by atoms with Crippen molar-refractivity contribution in [1.82, 2.24) is 0 Å². The fourth-order valence-electron chi connectivity index (χ4n) is 2.98. The van der Waals surface area contributed by atoms with Crippen LogP contribution in [0.3, 0.4) is 0 Å². The fraction of sp³-hybridized carbons (Fsp3) is 0.143. The predicted octanol–water partition coefficient (Wildman–Crippen LogP) is 4.86. The second kappa shape index (κ2) is 7.23. The first-order valence-electron chi connectivity index (χ1n) is 7.78. The zero-order chi connectivity index (χ0) is 16.0. The van der Waals surface area contributed by atoms with Gasteiger partial charge in [-0.2, -0.15) is 0 Å². The summed E-state index contributed by atoms with van der Waals surface area (Å²) in [6, 6.07) is 30.1. The van der Waals surface area contributed by atoms with Gasteiger partial charge >= 0.3 is 0 Å². The Balaban J connectivity index is 2.00. The lowest BCUT2D eigenvalue weighted by Gasteiger charge is -2.31. The molecule has 23 heavy (non-hydrogen) atoms. The van der Waals surface area contributed by atoms with Crippen LogP contribution in [0.1, 0.15) is 16.7 Å². The van der Waals surface area contributed by atoms with Crippen molar-refractivity contribution < 1.29 is 10.1 Å². The highest BCUT2D eigenvalue weighted by molar-refractivity contribution is 5.30. The molecule has 0 aliphatic carbocycles. The average molecular weight is 304 g/mol. The topological polar surface area (TPSA) is 29.5 Å². The molecule has 3 aromatic carbocycles. The molecule has 0 amide bonds. The zero-order valence-corrected chi connectivity index (χ0v) is 12.9. The number of hydrogen-bond donors (Lipinski definition) is 1. The summed E-state index contributed by atoms with van der Waals surface area (Å²) in [7, 11) is 0. The van der Waals surface area contributed by atoms with Crippen LogP contribution in [0.2, 0.25) is 0 Å². The van der Waals surface area contributed by atoms with Crippen molar-refractivity contribution in [1.29, 1.82) is 0 Å². The quantitative estimate of drug-likeness (QED) is 0.520. The number of hydrogen-bond acceptors (Lipinski definition) is 2. The van der Waals surface area contributed by atoms with E-state index in [0.717, 1.165) is 16.7 Å². The molecule has 116 valence electrons. The summed E-state index contributed by atoms with van der Waals surface area (Å²) in [6.07, 6.45) is 1.20. The Morgan fingerprint density at radius 3 is 1.39 bits per heavy atom. The van der Waals surface area contributed by atoms with Crippen molar-refractivity contribution in [3.8, 4) is 0 Å². The van der Waals surface area contributed by atoms with E-state index in [1.54, 1.807) is 0 Å². The van der Waals surface area contributed by atoms with E-state index in [4.69, 9.17) is 4.89 Å². The first kappa shape index (κ1) is 15.5. The Hall–Kier alpha value is -2.42. The summed E-state index contributed by atoms with van der Waals surface area (Å²) < 4.78 is 0. The molecule has 0 saturated heterocycles. The summed E-state index contributed by atoms with van der Waals surface area (Å²) in [5.41, 5.74) is 2.42. The highest BCUT2D eigenvalue weighted by atomic mass is 17.1.